The molecule has 0 spiro atoms. The number of rotatable bonds is 5. The highest BCUT2D eigenvalue weighted by atomic mass is 32.2. The van der Waals surface area contributed by atoms with Crippen LogP contribution >= 0.6 is 0 Å². The van der Waals surface area contributed by atoms with E-state index in [1.54, 1.807) is 4.90 Å². The fourth-order valence-corrected chi connectivity index (χ4v) is 3.98. The standard InChI is InChI=1S/C16H24FN3O3S/c1-11(2)15(18)16(21)20-8-4-6-13(10-20)19-24(22,23)14-7-3-5-12(17)9-14/h3,5,7,9,11,13,15,19H,4,6,8,10,18H2,1-2H3/t13?,15-/m0/s1. The average Bonchev–Trinajstić information content (AvgIpc) is 2.53. The molecular weight excluding hydrogens is 333 g/mol. The predicted molar refractivity (Wildman–Crippen MR) is 89.1 cm³/mol. The van der Waals surface area contributed by atoms with Crippen LogP contribution in [0.15, 0.2) is 29.2 Å². The second kappa shape index (κ2) is 7.58. The maximum Gasteiger partial charge on any atom is 0.240 e. The number of carbonyl (C=O) groups is 1. The molecule has 8 heteroatoms. The van der Waals surface area contributed by atoms with Crippen LogP contribution in [0.2, 0.25) is 0 Å². The fourth-order valence-electron chi connectivity index (χ4n) is 2.69. The van der Waals surface area contributed by atoms with Gasteiger partial charge in [-0.05, 0) is 37.0 Å². The van der Waals surface area contributed by atoms with E-state index in [2.05, 4.69) is 4.72 Å². The van der Waals surface area contributed by atoms with E-state index in [0.717, 1.165) is 6.07 Å². The highest BCUT2D eigenvalue weighted by Crippen LogP contribution is 2.17. The van der Waals surface area contributed by atoms with Crippen molar-refractivity contribution in [3.8, 4) is 0 Å². The van der Waals surface area contributed by atoms with Gasteiger partial charge in [0, 0.05) is 19.1 Å². The fraction of sp³-hybridized carbons (Fsp3) is 0.562. The van der Waals surface area contributed by atoms with Gasteiger partial charge in [-0.3, -0.25) is 4.79 Å². The third-order valence-electron chi connectivity index (χ3n) is 4.16. The molecule has 1 aliphatic heterocycles. The Morgan fingerprint density at radius 3 is 2.75 bits per heavy atom. The second-order valence-electron chi connectivity index (χ2n) is 6.47. The van der Waals surface area contributed by atoms with Crippen LogP contribution in [0.5, 0.6) is 0 Å². The van der Waals surface area contributed by atoms with Crippen molar-refractivity contribution in [1.29, 1.82) is 0 Å². The van der Waals surface area contributed by atoms with Crippen molar-refractivity contribution in [3.63, 3.8) is 0 Å². The molecule has 2 atom stereocenters. The van der Waals surface area contributed by atoms with Gasteiger partial charge in [0.05, 0.1) is 10.9 Å². The van der Waals surface area contributed by atoms with Gasteiger partial charge in [0.25, 0.3) is 0 Å². The Morgan fingerprint density at radius 2 is 2.12 bits per heavy atom. The van der Waals surface area contributed by atoms with E-state index in [4.69, 9.17) is 5.73 Å². The summed E-state index contributed by atoms with van der Waals surface area (Å²) < 4.78 is 40.5. The van der Waals surface area contributed by atoms with Gasteiger partial charge in [-0.15, -0.1) is 0 Å². The smallest absolute Gasteiger partial charge is 0.240 e. The zero-order valence-corrected chi connectivity index (χ0v) is 14.7. The van der Waals surface area contributed by atoms with Gasteiger partial charge in [0.15, 0.2) is 0 Å². The predicted octanol–water partition coefficient (Wildman–Crippen LogP) is 1.08. The topological polar surface area (TPSA) is 92.5 Å². The molecule has 1 aromatic carbocycles. The summed E-state index contributed by atoms with van der Waals surface area (Å²) in [4.78, 5) is 13.8. The number of nitrogens with two attached hydrogens (primary N) is 1. The molecule has 1 heterocycles. The normalized spacial score (nSPS) is 20.2. The first kappa shape index (κ1) is 18.8. The Hall–Kier alpha value is -1.51. The van der Waals surface area contributed by atoms with Gasteiger partial charge in [-0.1, -0.05) is 19.9 Å². The maximum atomic E-state index is 13.2. The van der Waals surface area contributed by atoms with Gasteiger partial charge in [0.1, 0.15) is 5.82 Å². The number of hydrogen-bond donors (Lipinski definition) is 2. The van der Waals surface area contributed by atoms with E-state index < -0.39 is 27.9 Å². The summed E-state index contributed by atoms with van der Waals surface area (Å²) >= 11 is 0. The number of sulfonamides is 1. The molecule has 1 saturated heterocycles. The molecule has 24 heavy (non-hydrogen) atoms. The van der Waals surface area contributed by atoms with Crippen LogP contribution < -0.4 is 10.5 Å². The Balaban J connectivity index is 2.06. The van der Waals surface area contributed by atoms with Gasteiger partial charge < -0.3 is 10.6 Å². The summed E-state index contributed by atoms with van der Waals surface area (Å²) in [6, 6.07) is 3.85. The van der Waals surface area contributed by atoms with Gasteiger partial charge in [0.2, 0.25) is 15.9 Å². The van der Waals surface area contributed by atoms with Gasteiger partial charge in [-0.25, -0.2) is 17.5 Å². The minimum Gasteiger partial charge on any atom is -0.340 e. The van der Waals surface area contributed by atoms with E-state index in [9.17, 15) is 17.6 Å². The zero-order valence-electron chi connectivity index (χ0n) is 13.9. The summed E-state index contributed by atoms with van der Waals surface area (Å²) in [5, 5.41) is 0. The lowest BCUT2D eigenvalue weighted by Gasteiger charge is -2.35. The number of benzene rings is 1. The van der Waals surface area contributed by atoms with E-state index in [-0.39, 0.29) is 23.3 Å². The summed E-state index contributed by atoms with van der Waals surface area (Å²) in [5.74, 6) is -0.761. The van der Waals surface area contributed by atoms with Crippen LogP contribution in [0.1, 0.15) is 26.7 Å². The quantitative estimate of drug-likeness (QED) is 0.825. The van der Waals surface area contributed by atoms with Gasteiger partial charge >= 0.3 is 0 Å². The maximum absolute atomic E-state index is 13.2. The highest BCUT2D eigenvalue weighted by Gasteiger charge is 2.30. The molecule has 1 unspecified atom stereocenters. The van der Waals surface area contributed by atoms with Crippen LogP contribution in [-0.4, -0.2) is 44.4 Å². The monoisotopic (exact) mass is 357 g/mol. The summed E-state index contributed by atoms with van der Waals surface area (Å²) in [7, 11) is -3.83. The van der Waals surface area contributed by atoms with Crippen LogP contribution in [0.3, 0.4) is 0 Å². The third-order valence-corrected chi connectivity index (χ3v) is 5.68. The van der Waals surface area contributed by atoms with Crippen molar-refractivity contribution < 1.29 is 17.6 Å². The molecule has 6 nitrogen and oxygen atoms in total. The average molecular weight is 357 g/mol. The number of likely N-dealkylation sites (tertiary alicyclic amines) is 1. The first-order valence-corrected chi connectivity index (χ1v) is 9.51. The molecule has 0 aromatic heterocycles. The largest absolute Gasteiger partial charge is 0.340 e. The number of halogens is 1. The minimum atomic E-state index is -3.83. The molecule has 0 aliphatic carbocycles. The van der Waals surface area contributed by atoms with Crippen molar-refractivity contribution in [2.75, 3.05) is 13.1 Å². The lowest BCUT2D eigenvalue weighted by Crippen LogP contribution is -2.54. The molecule has 0 radical (unpaired) electrons. The Labute approximate surface area is 142 Å². The van der Waals surface area contributed by atoms with Crippen molar-refractivity contribution >= 4 is 15.9 Å². The molecule has 1 amide bonds. The van der Waals surface area contributed by atoms with Crippen LogP contribution in [0, 0.1) is 11.7 Å². The lowest BCUT2D eigenvalue weighted by molar-refractivity contribution is -0.134. The van der Waals surface area contributed by atoms with Crippen LogP contribution in [0.25, 0.3) is 0 Å². The molecular formula is C16H24FN3O3S. The van der Waals surface area contributed by atoms with Crippen LogP contribution in [0.4, 0.5) is 4.39 Å². The van der Waals surface area contributed by atoms with Crippen molar-refractivity contribution in [2.24, 2.45) is 11.7 Å². The molecule has 1 aromatic rings. The molecule has 134 valence electrons. The summed E-state index contributed by atoms with van der Waals surface area (Å²) in [5.41, 5.74) is 5.90. The zero-order chi connectivity index (χ0) is 17.9. The molecule has 1 fully saturated rings. The Kier molecular flexibility index (Phi) is 5.95. The molecule has 1 aliphatic rings. The van der Waals surface area contributed by atoms with E-state index in [0.29, 0.717) is 19.4 Å². The van der Waals surface area contributed by atoms with Crippen molar-refractivity contribution in [3.05, 3.63) is 30.1 Å². The molecule has 2 rings (SSSR count). The number of nitrogens with zero attached hydrogens (tertiary/aromatic N) is 1. The second-order valence-corrected chi connectivity index (χ2v) is 8.19. The molecule has 3 N–H and O–H groups in total. The number of carbonyl (C=O) groups excluding carboxylic acids is 1. The van der Waals surface area contributed by atoms with E-state index in [1.165, 1.54) is 18.2 Å². The van der Waals surface area contributed by atoms with E-state index >= 15 is 0 Å². The molecule has 0 bridgehead atoms. The lowest BCUT2D eigenvalue weighted by atomic mass is 10.0. The van der Waals surface area contributed by atoms with Crippen molar-refractivity contribution in [1.82, 2.24) is 9.62 Å². The Bertz CT molecular complexity index is 694. The Morgan fingerprint density at radius 1 is 1.42 bits per heavy atom. The number of piperidine rings is 1. The number of nitrogens with one attached hydrogen (secondary N) is 1. The molecule has 0 saturated carbocycles. The van der Waals surface area contributed by atoms with Gasteiger partial charge in [-0.2, -0.15) is 0 Å². The summed E-state index contributed by atoms with van der Waals surface area (Å²) in [6.07, 6.45) is 1.31. The SMILES string of the molecule is CC(C)[C@H](N)C(=O)N1CCCC(NS(=O)(=O)c2cccc(F)c2)C1. The van der Waals surface area contributed by atoms with E-state index in [1.807, 2.05) is 13.8 Å². The summed E-state index contributed by atoms with van der Waals surface area (Å²) in [6.45, 7) is 4.58. The van der Waals surface area contributed by atoms with Crippen LogP contribution in [-0.2, 0) is 14.8 Å². The third kappa shape index (κ3) is 4.52. The first-order chi connectivity index (χ1) is 11.2. The number of hydrogen-bond acceptors (Lipinski definition) is 4. The number of amides is 1. The minimum absolute atomic E-state index is 0.0156. The van der Waals surface area contributed by atoms with Crippen molar-refractivity contribution in [2.45, 2.75) is 43.7 Å². The first-order valence-electron chi connectivity index (χ1n) is 8.03. The highest BCUT2D eigenvalue weighted by molar-refractivity contribution is 7.89.